The van der Waals surface area contributed by atoms with Crippen molar-refractivity contribution < 1.29 is 29.0 Å². The molecule has 0 radical (unpaired) electrons. The third-order valence-corrected chi connectivity index (χ3v) is 9.92. The zero-order chi connectivity index (χ0) is 23.0. The second-order valence-corrected chi connectivity index (χ2v) is 11.1. The van der Waals surface area contributed by atoms with Crippen LogP contribution in [0, 0.1) is 27.6 Å². The van der Waals surface area contributed by atoms with Gasteiger partial charge in [0, 0.05) is 11.5 Å². The SMILES string of the molecule is C=C1C2CC3(C)C(=C)C4(C(=O)OC(C)C4(O)C3=O)C2(C)CCC12C=CC(=O)OC2(C)C. The van der Waals surface area contributed by atoms with E-state index in [9.17, 15) is 19.5 Å². The van der Waals surface area contributed by atoms with Crippen molar-refractivity contribution in [1.82, 2.24) is 0 Å². The maximum Gasteiger partial charge on any atom is 0.331 e. The number of cyclic esters (lactones) is 2. The molecular formula is C25H30O6. The molecular weight excluding hydrogens is 396 g/mol. The topological polar surface area (TPSA) is 89.9 Å². The van der Waals surface area contributed by atoms with E-state index in [1.807, 2.05) is 26.8 Å². The van der Waals surface area contributed by atoms with E-state index in [1.165, 1.54) is 6.08 Å². The van der Waals surface area contributed by atoms with Crippen molar-refractivity contribution in [2.75, 3.05) is 0 Å². The second kappa shape index (κ2) is 5.22. The van der Waals surface area contributed by atoms with Gasteiger partial charge in [-0.05, 0) is 63.9 Å². The lowest BCUT2D eigenvalue weighted by atomic mass is 9.39. The number of hydrogen-bond acceptors (Lipinski definition) is 6. The molecule has 6 nitrogen and oxygen atoms in total. The van der Waals surface area contributed by atoms with Crippen LogP contribution in [0.5, 0.6) is 0 Å². The van der Waals surface area contributed by atoms with E-state index in [0.29, 0.717) is 24.8 Å². The highest BCUT2D eigenvalue weighted by atomic mass is 16.6. The average molecular weight is 427 g/mol. The second-order valence-electron chi connectivity index (χ2n) is 11.1. The van der Waals surface area contributed by atoms with E-state index in [4.69, 9.17) is 9.47 Å². The summed E-state index contributed by atoms with van der Waals surface area (Å²) in [4.78, 5) is 39.2. The summed E-state index contributed by atoms with van der Waals surface area (Å²) in [6, 6.07) is 0. The fraction of sp³-hybridized carbons (Fsp3) is 0.640. The molecule has 0 aromatic heterocycles. The first kappa shape index (κ1) is 20.7. The van der Waals surface area contributed by atoms with Crippen LogP contribution in [-0.2, 0) is 23.9 Å². The highest BCUT2D eigenvalue weighted by Crippen LogP contribution is 2.79. The molecule has 0 aromatic carbocycles. The summed E-state index contributed by atoms with van der Waals surface area (Å²) >= 11 is 0. The molecule has 31 heavy (non-hydrogen) atoms. The van der Waals surface area contributed by atoms with Crippen molar-refractivity contribution in [2.24, 2.45) is 27.6 Å². The first-order valence-electron chi connectivity index (χ1n) is 11.0. The Hall–Kier alpha value is -2.21. The molecule has 1 N–H and O–H groups in total. The van der Waals surface area contributed by atoms with E-state index in [2.05, 4.69) is 13.2 Å². The third-order valence-electron chi connectivity index (χ3n) is 9.92. The monoisotopic (exact) mass is 426 g/mol. The Morgan fingerprint density at radius 1 is 1.10 bits per heavy atom. The highest BCUT2D eigenvalue weighted by Gasteiger charge is 2.88. The molecule has 0 amide bonds. The quantitative estimate of drug-likeness (QED) is 0.473. The Labute approximate surface area is 182 Å². The van der Waals surface area contributed by atoms with Crippen molar-refractivity contribution >= 4 is 17.7 Å². The fourth-order valence-electron chi connectivity index (χ4n) is 8.06. The number of carbonyl (C=O) groups excluding carboxylic acids is 3. The molecule has 2 bridgehead atoms. The van der Waals surface area contributed by atoms with Crippen molar-refractivity contribution in [1.29, 1.82) is 0 Å². The first-order valence-corrected chi connectivity index (χ1v) is 11.0. The Morgan fingerprint density at radius 3 is 2.35 bits per heavy atom. The van der Waals surface area contributed by atoms with Gasteiger partial charge in [-0.25, -0.2) is 4.79 Å². The van der Waals surface area contributed by atoms with Crippen molar-refractivity contribution in [2.45, 2.75) is 71.2 Å². The van der Waals surface area contributed by atoms with Crippen molar-refractivity contribution in [3.8, 4) is 0 Å². The van der Waals surface area contributed by atoms with Crippen LogP contribution in [0.3, 0.4) is 0 Å². The summed E-state index contributed by atoms with van der Waals surface area (Å²) in [5.74, 6) is -1.61. The Kier molecular flexibility index (Phi) is 3.48. The number of fused-ring (bicyclic) bond motifs is 2. The number of ether oxygens (including phenoxy) is 2. The van der Waals surface area contributed by atoms with Gasteiger partial charge >= 0.3 is 11.9 Å². The minimum absolute atomic E-state index is 0.270. The van der Waals surface area contributed by atoms with Gasteiger partial charge in [-0.2, -0.15) is 0 Å². The van der Waals surface area contributed by atoms with Gasteiger partial charge in [-0.3, -0.25) is 9.59 Å². The van der Waals surface area contributed by atoms with E-state index in [1.54, 1.807) is 13.8 Å². The molecule has 2 heterocycles. The summed E-state index contributed by atoms with van der Waals surface area (Å²) in [5.41, 5.74) is -5.48. The van der Waals surface area contributed by atoms with Gasteiger partial charge < -0.3 is 14.6 Å². The van der Waals surface area contributed by atoms with Gasteiger partial charge in [-0.1, -0.05) is 31.7 Å². The maximum atomic E-state index is 13.7. The molecule has 2 spiro atoms. The van der Waals surface area contributed by atoms with E-state index in [-0.39, 0.29) is 11.7 Å². The van der Waals surface area contributed by atoms with Crippen LogP contribution in [0.25, 0.3) is 0 Å². The van der Waals surface area contributed by atoms with E-state index in [0.717, 1.165) is 5.57 Å². The van der Waals surface area contributed by atoms with E-state index >= 15 is 0 Å². The van der Waals surface area contributed by atoms with Crippen LogP contribution in [0.2, 0.25) is 0 Å². The molecule has 7 unspecified atom stereocenters. The van der Waals surface area contributed by atoms with Crippen LogP contribution in [0.1, 0.15) is 53.9 Å². The number of aliphatic hydroxyl groups is 1. The van der Waals surface area contributed by atoms with Gasteiger partial charge in [0.1, 0.15) is 17.1 Å². The molecule has 7 atom stereocenters. The van der Waals surface area contributed by atoms with Gasteiger partial charge in [0.25, 0.3) is 0 Å². The smallest absolute Gasteiger partial charge is 0.331 e. The lowest BCUT2D eigenvalue weighted by Crippen LogP contribution is -2.65. The Morgan fingerprint density at radius 2 is 1.74 bits per heavy atom. The Balaban J connectivity index is 1.76. The molecule has 4 fully saturated rings. The number of ketones is 1. The van der Waals surface area contributed by atoms with Crippen LogP contribution in [0.15, 0.2) is 36.5 Å². The van der Waals surface area contributed by atoms with Crippen LogP contribution < -0.4 is 0 Å². The Bertz CT molecular complexity index is 1040. The number of hydrogen-bond donors (Lipinski definition) is 1. The van der Waals surface area contributed by atoms with Gasteiger partial charge in [-0.15, -0.1) is 0 Å². The lowest BCUT2D eigenvalue weighted by molar-refractivity contribution is -0.177. The minimum Gasteiger partial charge on any atom is -0.458 e. The largest absolute Gasteiger partial charge is 0.458 e. The molecule has 3 aliphatic carbocycles. The van der Waals surface area contributed by atoms with Gasteiger partial charge in [0.05, 0.1) is 5.41 Å². The molecule has 5 rings (SSSR count). The summed E-state index contributed by atoms with van der Waals surface area (Å²) in [6.07, 6.45) is 3.88. The maximum absolute atomic E-state index is 13.7. The molecule has 2 aliphatic heterocycles. The zero-order valence-electron chi connectivity index (χ0n) is 18.8. The fourth-order valence-corrected chi connectivity index (χ4v) is 8.06. The molecule has 0 aromatic rings. The summed E-state index contributed by atoms with van der Waals surface area (Å²) in [6.45, 7) is 17.8. The molecule has 3 saturated carbocycles. The molecule has 1 saturated heterocycles. The minimum atomic E-state index is -1.95. The third kappa shape index (κ3) is 1.72. The number of Topliss-reactive ketones (excluding diaryl/α,β-unsaturated/α-hetero) is 1. The lowest BCUT2D eigenvalue weighted by Gasteiger charge is -2.63. The normalized spacial score (nSPS) is 52.1. The predicted molar refractivity (Wildman–Crippen MR) is 112 cm³/mol. The summed E-state index contributed by atoms with van der Waals surface area (Å²) in [7, 11) is 0. The van der Waals surface area contributed by atoms with Crippen LogP contribution in [0.4, 0.5) is 0 Å². The zero-order valence-corrected chi connectivity index (χ0v) is 18.8. The molecule has 166 valence electrons. The van der Waals surface area contributed by atoms with Crippen LogP contribution in [-0.4, -0.2) is 40.1 Å². The average Bonchev–Trinajstić information content (AvgIpc) is 2.93. The molecule has 5 aliphatic rings. The first-order chi connectivity index (χ1) is 14.2. The number of carbonyl (C=O) groups is 3. The summed E-state index contributed by atoms with van der Waals surface area (Å²) in [5, 5.41) is 11.9. The van der Waals surface area contributed by atoms with Crippen LogP contribution >= 0.6 is 0 Å². The number of esters is 2. The summed E-state index contributed by atoms with van der Waals surface area (Å²) < 4.78 is 11.3. The number of rotatable bonds is 0. The van der Waals surface area contributed by atoms with Gasteiger partial charge in [0.15, 0.2) is 11.4 Å². The molecule has 6 heteroatoms. The highest BCUT2D eigenvalue weighted by molar-refractivity contribution is 6.10. The predicted octanol–water partition coefficient (Wildman–Crippen LogP) is 3.05. The van der Waals surface area contributed by atoms with E-state index < -0.39 is 50.9 Å². The standard InChI is InChI=1S/C25H30O6/c1-13-16-12-21(6)14(2)24(19(28)30-15(3)25(24,29)18(21)27)22(16,7)10-11-23(13)9-8-17(26)31-20(23,4)5/h8-9,15-16,29H,1-2,10-12H2,3-7H3. The van der Waals surface area contributed by atoms with Gasteiger partial charge in [0.2, 0.25) is 0 Å². The van der Waals surface area contributed by atoms with Crippen molar-refractivity contribution in [3.05, 3.63) is 36.5 Å². The van der Waals surface area contributed by atoms with Crippen molar-refractivity contribution in [3.63, 3.8) is 0 Å².